The number of hydrogen-bond donors (Lipinski definition) is 2. The zero-order valence-electron chi connectivity index (χ0n) is 26.9. The second kappa shape index (κ2) is 15.2. The lowest BCUT2D eigenvalue weighted by Crippen LogP contribution is -2.53. The Kier molecular flexibility index (Phi) is 10.9. The van der Waals surface area contributed by atoms with Crippen molar-refractivity contribution in [3.8, 4) is 11.5 Å². The zero-order valence-corrected chi connectivity index (χ0v) is 27.8. The van der Waals surface area contributed by atoms with Crippen LogP contribution in [0.15, 0.2) is 65.6 Å². The third-order valence-corrected chi connectivity index (χ3v) is 11.2. The molecule has 14 heteroatoms. The van der Waals surface area contributed by atoms with E-state index in [0.717, 1.165) is 5.56 Å². The Labute approximate surface area is 280 Å². The number of methoxy groups -OCH3 is 1. The van der Waals surface area contributed by atoms with E-state index in [-0.39, 0.29) is 55.2 Å². The van der Waals surface area contributed by atoms with Gasteiger partial charge in [-0.2, -0.15) is 4.31 Å². The van der Waals surface area contributed by atoms with E-state index in [9.17, 15) is 23.1 Å². The SMILES string of the molecule is COc1ccc2c(c1)OCC/C=C/CN1C(=O)CC[C@@H]1CN(C[C@@H](O)[C@H](Cc1ccccc1)NC(=O)O[C@H]1CO[C@H]3OCC[C@H]31)S2(=O)=O. The van der Waals surface area contributed by atoms with Gasteiger partial charge in [0.15, 0.2) is 6.29 Å². The molecule has 2 amide bonds. The van der Waals surface area contributed by atoms with E-state index < -0.39 is 46.7 Å². The van der Waals surface area contributed by atoms with Gasteiger partial charge in [-0.3, -0.25) is 4.79 Å². The molecule has 0 unspecified atom stereocenters. The number of nitrogens with zero attached hydrogens (tertiary/aromatic N) is 2. The predicted octanol–water partition coefficient (Wildman–Crippen LogP) is 2.48. The number of rotatable bonds is 8. The number of aliphatic hydroxyl groups excluding tert-OH is 1. The summed E-state index contributed by atoms with van der Waals surface area (Å²) >= 11 is 0. The van der Waals surface area contributed by atoms with Gasteiger partial charge in [-0.15, -0.1) is 0 Å². The lowest BCUT2D eigenvalue weighted by molar-refractivity contribution is -0.128. The van der Waals surface area contributed by atoms with Crippen molar-refractivity contribution in [2.24, 2.45) is 5.92 Å². The number of carbonyl (C=O) groups excluding carboxylic acids is 2. The fraction of sp³-hybridized carbons (Fsp3) is 0.529. The number of amides is 2. The molecule has 0 radical (unpaired) electrons. The lowest BCUT2D eigenvalue weighted by Gasteiger charge is -2.33. The number of alkyl carbamates (subject to hydrolysis) is 1. The summed E-state index contributed by atoms with van der Waals surface area (Å²) in [6.07, 6.45) is 2.98. The van der Waals surface area contributed by atoms with Crippen LogP contribution in [0.3, 0.4) is 0 Å². The third-order valence-electron chi connectivity index (χ3n) is 9.35. The standard InChI is InChI=1S/C34H43N3O10S/c1-43-25-11-12-31-29(19-25)44-16-7-3-6-15-37-24(10-13-32(37)39)20-36(48(31,41)42)21-28(38)27(18-23-8-4-2-5-9-23)35-34(40)47-30-22-46-33-26(30)14-17-45-33/h2-6,8-9,11-12,19,24,26-28,30,33,38H,7,10,13-18,20-22H2,1H3,(H,35,40)/b6-3+/t24-,26+,27+,28-,30+,33-/m1/s1. The molecule has 0 spiro atoms. The maximum atomic E-state index is 14.5. The smallest absolute Gasteiger partial charge is 0.407 e. The van der Waals surface area contributed by atoms with Crippen LogP contribution >= 0.6 is 0 Å². The van der Waals surface area contributed by atoms with E-state index in [1.165, 1.54) is 23.5 Å². The molecule has 4 aliphatic rings. The predicted molar refractivity (Wildman–Crippen MR) is 173 cm³/mol. The molecule has 6 rings (SSSR count). The van der Waals surface area contributed by atoms with Crippen molar-refractivity contribution < 1.29 is 46.8 Å². The molecule has 2 N–H and O–H groups in total. The maximum absolute atomic E-state index is 14.5. The number of aliphatic hydroxyl groups is 1. The van der Waals surface area contributed by atoms with Crippen LogP contribution in [0, 0.1) is 5.92 Å². The van der Waals surface area contributed by atoms with Gasteiger partial charge in [0.2, 0.25) is 15.9 Å². The summed E-state index contributed by atoms with van der Waals surface area (Å²) < 4.78 is 58.4. The van der Waals surface area contributed by atoms with E-state index in [1.807, 2.05) is 42.5 Å². The number of carbonyl (C=O) groups is 2. The lowest BCUT2D eigenvalue weighted by atomic mass is 10.0. The van der Waals surface area contributed by atoms with Gasteiger partial charge >= 0.3 is 6.09 Å². The van der Waals surface area contributed by atoms with E-state index in [0.29, 0.717) is 44.6 Å². The van der Waals surface area contributed by atoms with Crippen LogP contribution in [0.25, 0.3) is 0 Å². The summed E-state index contributed by atoms with van der Waals surface area (Å²) in [5, 5.41) is 14.6. The van der Waals surface area contributed by atoms with Gasteiger partial charge in [-0.1, -0.05) is 42.5 Å². The second-order valence-corrected chi connectivity index (χ2v) is 14.4. The maximum Gasteiger partial charge on any atom is 0.407 e. The summed E-state index contributed by atoms with van der Waals surface area (Å²) in [4.78, 5) is 27.7. The third kappa shape index (κ3) is 7.78. The monoisotopic (exact) mass is 685 g/mol. The van der Waals surface area contributed by atoms with Crippen molar-refractivity contribution in [2.45, 2.75) is 67.6 Å². The van der Waals surface area contributed by atoms with Crippen LogP contribution in [0.1, 0.15) is 31.2 Å². The molecule has 3 saturated heterocycles. The number of hydrogen-bond acceptors (Lipinski definition) is 10. The highest BCUT2D eigenvalue weighted by atomic mass is 32.2. The molecule has 4 aliphatic heterocycles. The zero-order chi connectivity index (χ0) is 33.7. The normalized spacial score (nSPS) is 27.5. The molecule has 0 bridgehead atoms. The van der Waals surface area contributed by atoms with Crippen molar-refractivity contribution in [1.82, 2.24) is 14.5 Å². The number of benzene rings is 2. The quantitative estimate of drug-likeness (QED) is 0.397. The highest BCUT2D eigenvalue weighted by Gasteiger charge is 2.44. The molecule has 3 fully saturated rings. The van der Waals surface area contributed by atoms with Crippen molar-refractivity contribution in [2.75, 3.05) is 46.6 Å². The first-order chi connectivity index (χ1) is 23.2. The first-order valence-corrected chi connectivity index (χ1v) is 17.8. The molecule has 2 aromatic carbocycles. The van der Waals surface area contributed by atoms with Gasteiger partial charge in [0.05, 0.1) is 45.0 Å². The molecule has 0 saturated carbocycles. The molecule has 0 aliphatic carbocycles. The van der Waals surface area contributed by atoms with E-state index >= 15 is 0 Å². The Bertz CT molecular complexity index is 1570. The number of fused-ring (bicyclic) bond motifs is 3. The fourth-order valence-corrected chi connectivity index (χ4v) is 8.33. The first-order valence-electron chi connectivity index (χ1n) is 16.4. The minimum atomic E-state index is -4.30. The van der Waals surface area contributed by atoms with Crippen molar-refractivity contribution in [1.29, 1.82) is 0 Å². The van der Waals surface area contributed by atoms with Gasteiger partial charge in [0.1, 0.15) is 22.5 Å². The number of ether oxygens (including phenoxy) is 5. The number of nitrogens with one attached hydrogen (secondary N) is 1. The van der Waals surface area contributed by atoms with E-state index in [4.69, 9.17) is 23.7 Å². The van der Waals surface area contributed by atoms with Gasteiger partial charge < -0.3 is 39.0 Å². The molecular formula is C34H43N3O10S. The van der Waals surface area contributed by atoms with Crippen LogP contribution in [0.4, 0.5) is 4.79 Å². The van der Waals surface area contributed by atoms with Crippen molar-refractivity contribution >= 4 is 22.0 Å². The Hall–Kier alpha value is -3.69. The summed E-state index contributed by atoms with van der Waals surface area (Å²) in [6, 6.07) is 12.4. The minimum absolute atomic E-state index is 0.0593. The molecule has 48 heavy (non-hydrogen) atoms. The molecule has 260 valence electrons. The Morgan fingerprint density at radius 3 is 2.75 bits per heavy atom. The topological polar surface area (TPSA) is 153 Å². The van der Waals surface area contributed by atoms with Gasteiger partial charge in [-0.25, -0.2) is 13.2 Å². The minimum Gasteiger partial charge on any atom is -0.497 e. The van der Waals surface area contributed by atoms with Crippen LogP contribution in [-0.2, 0) is 35.4 Å². The summed E-state index contributed by atoms with van der Waals surface area (Å²) in [6.45, 7) is 0.844. The molecule has 0 aromatic heterocycles. The summed E-state index contributed by atoms with van der Waals surface area (Å²) in [7, 11) is -2.82. The van der Waals surface area contributed by atoms with Gasteiger partial charge in [0, 0.05) is 38.2 Å². The Morgan fingerprint density at radius 1 is 1.10 bits per heavy atom. The van der Waals surface area contributed by atoms with E-state index in [2.05, 4.69) is 5.32 Å². The van der Waals surface area contributed by atoms with E-state index in [1.54, 1.807) is 11.0 Å². The summed E-state index contributed by atoms with van der Waals surface area (Å²) in [5.41, 5.74) is 0.827. The van der Waals surface area contributed by atoms with Gasteiger partial charge in [0.25, 0.3) is 0 Å². The van der Waals surface area contributed by atoms with Crippen molar-refractivity contribution in [3.05, 3.63) is 66.2 Å². The summed E-state index contributed by atoms with van der Waals surface area (Å²) in [5.74, 6) is 0.418. The number of sulfonamides is 1. The highest BCUT2D eigenvalue weighted by Crippen LogP contribution is 2.34. The molecule has 2 aromatic rings. The van der Waals surface area contributed by atoms with Crippen LogP contribution in [-0.4, -0.2) is 112 Å². The second-order valence-electron chi connectivity index (χ2n) is 12.5. The van der Waals surface area contributed by atoms with Crippen molar-refractivity contribution in [3.63, 3.8) is 0 Å². The average Bonchev–Trinajstić information content (AvgIpc) is 3.79. The molecule has 13 nitrogen and oxygen atoms in total. The van der Waals surface area contributed by atoms with Crippen LogP contribution in [0.5, 0.6) is 11.5 Å². The molecule has 4 heterocycles. The average molecular weight is 686 g/mol. The molecule has 6 atom stereocenters. The largest absolute Gasteiger partial charge is 0.497 e. The fourth-order valence-electron chi connectivity index (χ4n) is 6.72. The first kappa shape index (κ1) is 34.2. The number of β-amino-alcohol motifs (C(OH)–C–C–N with tert-alkyl or cyclic N) is 1. The van der Waals surface area contributed by atoms with Gasteiger partial charge in [-0.05, 0) is 43.4 Å². The molecular weight excluding hydrogens is 642 g/mol. The van der Waals surface area contributed by atoms with Crippen LogP contribution in [0.2, 0.25) is 0 Å². The Balaban J connectivity index is 1.29. The highest BCUT2D eigenvalue weighted by molar-refractivity contribution is 7.89. The van der Waals surface area contributed by atoms with Crippen LogP contribution < -0.4 is 14.8 Å². The Morgan fingerprint density at radius 2 is 1.94 bits per heavy atom.